The molecule has 0 aromatic carbocycles. The van der Waals surface area contributed by atoms with Crippen molar-refractivity contribution in [2.75, 3.05) is 19.6 Å². The standard InChI is InChI=1S/C14H26N2O2/c1-14(2,3)15-13(17)18-12(11-6-7-11)10-16-8-4-5-9-16/h11-12H,4-10H2,1-3H3,(H,15,17)/t12-/m1/s1. The molecule has 0 aromatic rings. The van der Waals surface area contributed by atoms with Crippen LogP contribution >= 0.6 is 0 Å². The predicted molar refractivity (Wildman–Crippen MR) is 71.6 cm³/mol. The van der Waals surface area contributed by atoms with Gasteiger partial charge in [0.1, 0.15) is 6.10 Å². The fourth-order valence-electron chi connectivity index (χ4n) is 2.44. The Kier molecular flexibility index (Phi) is 4.15. The molecule has 18 heavy (non-hydrogen) atoms. The Labute approximate surface area is 110 Å². The smallest absolute Gasteiger partial charge is 0.407 e. The minimum Gasteiger partial charge on any atom is -0.445 e. The number of nitrogens with one attached hydrogen (secondary N) is 1. The summed E-state index contributed by atoms with van der Waals surface area (Å²) in [6, 6.07) is 0. The maximum Gasteiger partial charge on any atom is 0.407 e. The summed E-state index contributed by atoms with van der Waals surface area (Å²) in [5, 5.41) is 2.88. The first-order valence-corrected chi connectivity index (χ1v) is 7.15. The molecule has 1 saturated heterocycles. The van der Waals surface area contributed by atoms with Gasteiger partial charge >= 0.3 is 6.09 Å². The molecule has 1 amide bonds. The Morgan fingerprint density at radius 2 is 1.94 bits per heavy atom. The van der Waals surface area contributed by atoms with E-state index in [0.717, 1.165) is 19.6 Å². The van der Waals surface area contributed by atoms with E-state index < -0.39 is 0 Å². The summed E-state index contributed by atoms with van der Waals surface area (Å²) in [7, 11) is 0. The third-order valence-electron chi connectivity index (χ3n) is 3.52. The van der Waals surface area contributed by atoms with Crippen LogP contribution in [0.1, 0.15) is 46.5 Å². The molecule has 2 fully saturated rings. The number of hydrogen-bond acceptors (Lipinski definition) is 3. The summed E-state index contributed by atoms with van der Waals surface area (Å²) in [5.41, 5.74) is -0.223. The summed E-state index contributed by atoms with van der Waals surface area (Å²) < 4.78 is 5.62. The number of alkyl carbamates (subject to hydrolysis) is 1. The Balaban J connectivity index is 1.80. The Morgan fingerprint density at radius 1 is 1.33 bits per heavy atom. The lowest BCUT2D eigenvalue weighted by atomic mass is 10.1. The topological polar surface area (TPSA) is 41.6 Å². The van der Waals surface area contributed by atoms with E-state index in [1.807, 2.05) is 20.8 Å². The minimum absolute atomic E-state index is 0.0884. The second kappa shape index (κ2) is 5.47. The van der Waals surface area contributed by atoms with Gasteiger partial charge in [0.25, 0.3) is 0 Å². The van der Waals surface area contributed by atoms with Crippen LogP contribution in [0.2, 0.25) is 0 Å². The van der Waals surface area contributed by atoms with Crippen molar-refractivity contribution in [2.45, 2.75) is 58.1 Å². The van der Waals surface area contributed by atoms with Crippen LogP contribution in [-0.2, 0) is 4.74 Å². The van der Waals surface area contributed by atoms with Crippen LogP contribution in [0, 0.1) is 5.92 Å². The van der Waals surface area contributed by atoms with Crippen LogP contribution in [0.5, 0.6) is 0 Å². The molecule has 0 bridgehead atoms. The summed E-state index contributed by atoms with van der Waals surface area (Å²) >= 11 is 0. The van der Waals surface area contributed by atoms with Gasteiger partial charge in [-0.05, 0) is 65.5 Å². The second-order valence-corrected chi connectivity index (χ2v) is 6.66. The molecule has 1 aliphatic carbocycles. The lowest BCUT2D eigenvalue weighted by Gasteiger charge is -2.26. The molecule has 0 unspecified atom stereocenters. The van der Waals surface area contributed by atoms with Gasteiger partial charge in [-0.3, -0.25) is 4.90 Å². The van der Waals surface area contributed by atoms with Crippen LogP contribution in [0.25, 0.3) is 0 Å². The Bertz CT molecular complexity index is 289. The third kappa shape index (κ3) is 4.48. The SMILES string of the molecule is CC(C)(C)NC(=O)O[C@H](CN1CCCC1)C1CC1. The van der Waals surface area contributed by atoms with Crippen LogP contribution in [0.3, 0.4) is 0 Å². The van der Waals surface area contributed by atoms with Gasteiger partial charge in [-0.25, -0.2) is 4.79 Å². The fraction of sp³-hybridized carbons (Fsp3) is 0.929. The molecule has 1 atom stereocenters. The highest BCUT2D eigenvalue weighted by atomic mass is 16.6. The number of carbonyl (C=O) groups is 1. The number of rotatable bonds is 4. The molecule has 1 heterocycles. The molecule has 104 valence electrons. The summed E-state index contributed by atoms with van der Waals surface area (Å²) in [6.07, 6.45) is 4.81. The number of likely N-dealkylation sites (tertiary alicyclic amines) is 1. The molecule has 1 aliphatic heterocycles. The van der Waals surface area contributed by atoms with Crippen molar-refractivity contribution in [2.24, 2.45) is 5.92 Å². The van der Waals surface area contributed by atoms with Gasteiger partial charge in [0.15, 0.2) is 0 Å². The normalized spacial score (nSPS) is 22.8. The van der Waals surface area contributed by atoms with Crippen molar-refractivity contribution in [3.8, 4) is 0 Å². The van der Waals surface area contributed by atoms with E-state index in [4.69, 9.17) is 4.74 Å². The summed E-state index contributed by atoms with van der Waals surface area (Å²) in [5.74, 6) is 0.594. The maximum absolute atomic E-state index is 11.8. The van der Waals surface area contributed by atoms with Crippen LogP contribution in [-0.4, -0.2) is 42.3 Å². The molecule has 2 rings (SSSR count). The molecule has 1 N–H and O–H groups in total. The molecule has 2 aliphatic rings. The molecule has 0 aromatic heterocycles. The van der Waals surface area contributed by atoms with Crippen molar-refractivity contribution in [1.82, 2.24) is 10.2 Å². The van der Waals surface area contributed by atoms with Crippen molar-refractivity contribution in [3.63, 3.8) is 0 Å². The first-order chi connectivity index (χ1) is 8.44. The zero-order valence-electron chi connectivity index (χ0n) is 11.9. The Morgan fingerprint density at radius 3 is 2.44 bits per heavy atom. The predicted octanol–water partition coefficient (Wildman–Crippen LogP) is 2.39. The van der Waals surface area contributed by atoms with Gasteiger partial charge in [0, 0.05) is 12.1 Å². The van der Waals surface area contributed by atoms with E-state index in [1.54, 1.807) is 0 Å². The number of nitrogens with zero attached hydrogens (tertiary/aromatic N) is 1. The monoisotopic (exact) mass is 254 g/mol. The molecular formula is C14H26N2O2. The van der Waals surface area contributed by atoms with Gasteiger partial charge in [0.05, 0.1) is 0 Å². The minimum atomic E-state index is -0.265. The molecule has 0 radical (unpaired) electrons. The first kappa shape index (κ1) is 13.7. The van der Waals surface area contributed by atoms with Crippen molar-refractivity contribution in [3.05, 3.63) is 0 Å². The van der Waals surface area contributed by atoms with Gasteiger partial charge in [-0.2, -0.15) is 0 Å². The largest absolute Gasteiger partial charge is 0.445 e. The van der Waals surface area contributed by atoms with E-state index in [1.165, 1.54) is 25.7 Å². The van der Waals surface area contributed by atoms with E-state index in [9.17, 15) is 4.79 Å². The van der Waals surface area contributed by atoms with E-state index >= 15 is 0 Å². The van der Waals surface area contributed by atoms with Crippen LogP contribution in [0.4, 0.5) is 4.79 Å². The maximum atomic E-state index is 11.8. The van der Waals surface area contributed by atoms with Crippen molar-refractivity contribution >= 4 is 6.09 Å². The second-order valence-electron chi connectivity index (χ2n) is 6.66. The average Bonchev–Trinajstić information content (AvgIpc) is 2.95. The number of ether oxygens (including phenoxy) is 1. The number of amides is 1. The van der Waals surface area contributed by atoms with Gasteiger partial charge in [-0.1, -0.05) is 0 Å². The molecule has 4 heteroatoms. The molecule has 4 nitrogen and oxygen atoms in total. The van der Waals surface area contributed by atoms with Crippen LogP contribution < -0.4 is 5.32 Å². The summed E-state index contributed by atoms with van der Waals surface area (Å²) in [6.45, 7) is 9.16. The van der Waals surface area contributed by atoms with E-state index in [-0.39, 0.29) is 17.7 Å². The number of carbonyl (C=O) groups excluding carboxylic acids is 1. The van der Waals surface area contributed by atoms with E-state index in [2.05, 4.69) is 10.2 Å². The fourth-order valence-corrected chi connectivity index (χ4v) is 2.44. The lowest BCUT2D eigenvalue weighted by Crippen LogP contribution is -2.44. The van der Waals surface area contributed by atoms with Gasteiger partial charge < -0.3 is 10.1 Å². The van der Waals surface area contributed by atoms with Crippen LogP contribution in [0.15, 0.2) is 0 Å². The van der Waals surface area contributed by atoms with Gasteiger partial charge in [0.2, 0.25) is 0 Å². The number of hydrogen-bond donors (Lipinski definition) is 1. The molecular weight excluding hydrogens is 228 g/mol. The average molecular weight is 254 g/mol. The molecule has 0 spiro atoms. The highest BCUT2D eigenvalue weighted by Crippen LogP contribution is 2.35. The van der Waals surface area contributed by atoms with Crippen molar-refractivity contribution < 1.29 is 9.53 Å². The lowest BCUT2D eigenvalue weighted by molar-refractivity contribution is 0.0586. The Hall–Kier alpha value is -0.770. The highest BCUT2D eigenvalue weighted by Gasteiger charge is 2.36. The van der Waals surface area contributed by atoms with Gasteiger partial charge in [-0.15, -0.1) is 0 Å². The van der Waals surface area contributed by atoms with Crippen molar-refractivity contribution in [1.29, 1.82) is 0 Å². The third-order valence-corrected chi connectivity index (χ3v) is 3.52. The zero-order chi connectivity index (χ0) is 13.2. The quantitative estimate of drug-likeness (QED) is 0.837. The summed E-state index contributed by atoms with van der Waals surface area (Å²) in [4.78, 5) is 14.2. The molecule has 1 saturated carbocycles. The van der Waals surface area contributed by atoms with E-state index in [0.29, 0.717) is 5.92 Å². The highest BCUT2D eigenvalue weighted by molar-refractivity contribution is 5.68. The zero-order valence-corrected chi connectivity index (χ0v) is 11.9. The first-order valence-electron chi connectivity index (χ1n) is 7.15.